The monoisotopic (exact) mass is 427 g/mol. The van der Waals surface area contributed by atoms with Crippen molar-refractivity contribution in [2.45, 2.75) is 52.9 Å². The minimum atomic E-state index is -3.84. The fraction of sp³-hybridized carbons (Fsp3) is 0.632. The van der Waals surface area contributed by atoms with E-state index in [2.05, 4.69) is 10.0 Å². The topological polar surface area (TPSA) is 128 Å². The molecule has 1 aromatic rings. The summed E-state index contributed by atoms with van der Waals surface area (Å²) in [5.41, 5.74) is 8.13. The highest BCUT2D eigenvalue weighted by Crippen LogP contribution is 2.27. The van der Waals surface area contributed by atoms with Crippen LogP contribution in [0.25, 0.3) is 10.4 Å². The van der Waals surface area contributed by atoms with Gasteiger partial charge in [-0.25, -0.2) is 4.79 Å². The van der Waals surface area contributed by atoms with Gasteiger partial charge in [0.1, 0.15) is 0 Å². The molecule has 0 aromatic heterocycles. The second-order valence-corrected chi connectivity index (χ2v) is 9.24. The van der Waals surface area contributed by atoms with Gasteiger partial charge in [0.2, 0.25) is 0 Å². The van der Waals surface area contributed by atoms with Gasteiger partial charge in [0.05, 0.1) is 25.1 Å². The molecule has 9 nitrogen and oxygen atoms in total. The van der Waals surface area contributed by atoms with Crippen LogP contribution in [0.1, 0.15) is 39.7 Å². The lowest BCUT2D eigenvalue weighted by Crippen LogP contribution is -2.44. The van der Waals surface area contributed by atoms with Crippen LogP contribution in [-0.2, 0) is 35.2 Å². The second-order valence-electron chi connectivity index (χ2n) is 7.48. The highest BCUT2D eigenvalue weighted by atomic mass is 32.2. The Hall–Kier alpha value is -2.13. The molecule has 0 amide bonds. The molecule has 1 atom stereocenters. The van der Waals surface area contributed by atoms with Gasteiger partial charge >= 0.3 is 5.97 Å². The maximum absolute atomic E-state index is 12.6. The van der Waals surface area contributed by atoms with Crippen LogP contribution >= 0.6 is 0 Å². The van der Waals surface area contributed by atoms with Crippen LogP contribution in [0, 0.1) is 5.41 Å². The number of rotatable bonds is 13. The number of esters is 1. The molecule has 0 radical (unpaired) electrons. The third-order valence-electron chi connectivity index (χ3n) is 3.86. The number of azide groups is 1. The van der Waals surface area contributed by atoms with E-state index in [0.29, 0.717) is 0 Å². The van der Waals surface area contributed by atoms with Crippen molar-refractivity contribution in [3.8, 4) is 0 Å². The van der Waals surface area contributed by atoms with E-state index < -0.39 is 27.6 Å². The van der Waals surface area contributed by atoms with Crippen LogP contribution in [0.3, 0.4) is 0 Å². The molecule has 0 saturated heterocycles. The largest absolute Gasteiger partial charge is 0.461 e. The summed E-state index contributed by atoms with van der Waals surface area (Å²) in [7, 11) is -3.84. The first-order chi connectivity index (χ1) is 13.6. The molecule has 29 heavy (non-hydrogen) atoms. The number of benzene rings is 1. The number of nitrogens with zero attached hydrogens (tertiary/aromatic N) is 3. The number of hydrogen-bond acceptors (Lipinski definition) is 7. The number of carbonyl (C=O) groups is 1. The van der Waals surface area contributed by atoms with Gasteiger partial charge in [-0.1, -0.05) is 49.3 Å². The van der Waals surface area contributed by atoms with E-state index in [9.17, 15) is 13.2 Å². The maximum atomic E-state index is 12.6. The number of hydrogen-bond donors (Lipinski definition) is 0. The lowest BCUT2D eigenvalue weighted by atomic mass is 9.87. The van der Waals surface area contributed by atoms with Crippen molar-refractivity contribution in [3.63, 3.8) is 0 Å². The van der Waals surface area contributed by atoms with Gasteiger partial charge in [0.15, 0.2) is 6.10 Å². The Balaban J connectivity index is 2.82. The first-order valence-electron chi connectivity index (χ1n) is 9.31. The number of carbonyl (C=O) groups excluding carboxylic acids is 1. The molecule has 0 aliphatic carbocycles. The van der Waals surface area contributed by atoms with Crippen molar-refractivity contribution in [2.24, 2.45) is 10.5 Å². The predicted octanol–water partition coefficient (Wildman–Crippen LogP) is 3.60. The molecule has 162 valence electrons. The van der Waals surface area contributed by atoms with Gasteiger partial charge in [-0.2, -0.15) is 8.42 Å². The standard InChI is InChI=1S/C19H29N3O6S/c1-15(2)28-18(23)17(26-13-16-9-6-5-7-10-16)19(3,4)14-27-29(24,25)12-8-11-21-22-20/h5-7,9-10,15,17H,8,11-14H2,1-4H3/t17-/m0/s1. The number of ether oxygens (including phenoxy) is 2. The van der Waals surface area contributed by atoms with Gasteiger partial charge in [-0.3, -0.25) is 4.18 Å². The highest BCUT2D eigenvalue weighted by Gasteiger charge is 2.39. The Bertz CT molecular complexity index is 789. The van der Waals surface area contributed by atoms with Gasteiger partial charge < -0.3 is 9.47 Å². The van der Waals surface area contributed by atoms with E-state index in [1.54, 1.807) is 27.7 Å². The van der Waals surface area contributed by atoms with Crippen LogP contribution in [0.15, 0.2) is 35.4 Å². The minimum Gasteiger partial charge on any atom is -0.461 e. The third-order valence-corrected chi connectivity index (χ3v) is 5.13. The molecule has 0 N–H and O–H groups in total. The first-order valence-corrected chi connectivity index (χ1v) is 10.9. The van der Waals surface area contributed by atoms with Crippen molar-refractivity contribution in [3.05, 3.63) is 46.3 Å². The molecule has 1 aromatic carbocycles. The Morgan fingerprint density at radius 3 is 2.48 bits per heavy atom. The van der Waals surface area contributed by atoms with E-state index >= 15 is 0 Å². The Kier molecular flexibility index (Phi) is 10.1. The highest BCUT2D eigenvalue weighted by molar-refractivity contribution is 7.86. The van der Waals surface area contributed by atoms with Gasteiger partial charge in [-0.05, 0) is 31.4 Å². The average molecular weight is 428 g/mol. The summed E-state index contributed by atoms with van der Waals surface area (Å²) in [6.07, 6.45) is -1.22. The minimum absolute atomic E-state index is 0.0615. The van der Waals surface area contributed by atoms with E-state index in [-0.39, 0.29) is 38.0 Å². The zero-order valence-electron chi connectivity index (χ0n) is 17.3. The Morgan fingerprint density at radius 2 is 1.90 bits per heavy atom. The summed E-state index contributed by atoms with van der Waals surface area (Å²) in [5, 5.41) is 3.30. The van der Waals surface area contributed by atoms with Crippen LogP contribution in [0.4, 0.5) is 0 Å². The van der Waals surface area contributed by atoms with Gasteiger partial charge in [0, 0.05) is 16.9 Å². The SMILES string of the molecule is CC(C)OC(=O)[C@H](OCc1ccccc1)C(C)(C)COS(=O)(=O)CCCN=[N+]=[N-]. The molecule has 0 fully saturated rings. The zero-order valence-corrected chi connectivity index (χ0v) is 18.1. The molecule has 0 bridgehead atoms. The lowest BCUT2D eigenvalue weighted by Gasteiger charge is -2.32. The fourth-order valence-electron chi connectivity index (χ4n) is 2.39. The van der Waals surface area contributed by atoms with E-state index in [4.69, 9.17) is 19.2 Å². The predicted molar refractivity (Wildman–Crippen MR) is 108 cm³/mol. The molecule has 1 rings (SSSR count). The quantitative estimate of drug-likeness (QED) is 0.118. The molecule has 0 aliphatic rings. The molecule has 10 heteroatoms. The normalized spacial score (nSPS) is 13.0. The van der Waals surface area contributed by atoms with Crippen LogP contribution < -0.4 is 0 Å². The van der Waals surface area contributed by atoms with Crippen molar-refractivity contribution >= 4 is 16.1 Å². The van der Waals surface area contributed by atoms with Crippen molar-refractivity contribution in [1.82, 2.24) is 0 Å². The van der Waals surface area contributed by atoms with E-state index in [1.165, 1.54) is 0 Å². The fourth-order valence-corrected chi connectivity index (χ4v) is 3.48. The van der Waals surface area contributed by atoms with Gasteiger partial charge in [0.25, 0.3) is 10.1 Å². The molecule has 0 saturated carbocycles. The Labute approximate surface area is 172 Å². The summed E-state index contributed by atoms with van der Waals surface area (Å²) in [6.45, 7) is 6.78. The average Bonchev–Trinajstić information content (AvgIpc) is 2.64. The molecule has 0 heterocycles. The van der Waals surface area contributed by atoms with E-state index in [0.717, 1.165) is 5.56 Å². The molecule has 0 unspecified atom stereocenters. The van der Waals surface area contributed by atoms with Gasteiger partial charge in [-0.15, -0.1) is 0 Å². The van der Waals surface area contributed by atoms with E-state index in [1.807, 2.05) is 30.3 Å². The lowest BCUT2D eigenvalue weighted by molar-refractivity contribution is -0.172. The van der Waals surface area contributed by atoms with Crippen LogP contribution in [0.5, 0.6) is 0 Å². The summed E-state index contributed by atoms with van der Waals surface area (Å²) < 4.78 is 40.4. The first kappa shape index (κ1) is 24.9. The molecular weight excluding hydrogens is 398 g/mol. The van der Waals surface area contributed by atoms with Crippen LogP contribution in [-0.4, -0.2) is 45.5 Å². The summed E-state index contributed by atoms with van der Waals surface area (Å²) in [4.78, 5) is 15.2. The summed E-state index contributed by atoms with van der Waals surface area (Å²) >= 11 is 0. The van der Waals surface area contributed by atoms with Crippen molar-refractivity contribution in [2.75, 3.05) is 18.9 Å². The smallest absolute Gasteiger partial charge is 0.336 e. The summed E-state index contributed by atoms with van der Waals surface area (Å²) in [5.74, 6) is -0.862. The third kappa shape index (κ3) is 9.76. The van der Waals surface area contributed by atoms with Crippen molar-refractivity contribution < 1.29 is 26.9 Å². The molecule has 0 aliphatic heterocycles. The molecule has 0 spiro atoms. The van der Waals surface area contributed by atoms with Crippen molar-refractivity contribution in [1.29, 1.82) is 0 Å². The molecular formula is C19H29N3O6S. The summed E-state index contributed by atoms with van der Waals surface area (Å²) in [6, 6.07) is 9.32. The zero-order chi connectivity index (χ0) is 21.9. The maximum Gasteiger partial charge on any atom is 0.336 e. The second kappa shape index (κ2) is 11.8. The van der Waals surface area contributed by atoms with Crippen LogP contribution in [0.2, 0.25) is 0 Å². The Morgan fingerprint density at radius 1 is 1.24 bits per heavy atom.